The largest absolute Gasteiger partial charge is 0.464 e. The van der Waals surface area contributed by atoms with Gasteiger partial charge in [-0.25, -0.2) is 0 Å². The van der Waals surface area contributed by atoms with Crippen molar-refractivity contribution in [3.8, 4) is 0 Å². The molecule has 1 aromatic carbocycles. The second-order valence-corrected chi connectivity index (χ2v) is 4.42. The number of carbonyl (C=O) groups excluding carboxylic acids is 1. The van der Waals surface area contributed by atoms with E-state index < -0.39 is 0 Å². The summed E-state index contributed by atoms with van der Waals surface area (Å²) in [5, 5.41) is 2.86. The molecule has 1 amide bonds. The molecular formula is C16H17NO2. The number of rotatable bonds is 4. The molecule has 0 bridgehead atoms. The summed E-state index contributed by atoms with van der Waals surface area (Å²) in [5.41, 5.74) is 0.999. The van der Waals surface area contributed by atoms with Gasteiger partial charge >= 0.3 is 0 Å². The lowest BCUT2D eigenvalue weighted by Gasteiger charge is -2.09. The molecule has 98 valence electrons. The van der Waals surface area contributed by atoms with E-state index in [0.717, 1.165) is 17.1 Å². The highest BCUT2D eigenvalue weighted by Crippen LogP contribution is 2.15. The van der Waals surface area contributed by atoms with E-state index in [4.69, 9.17) is 4.42 Å². The van der Waals surface area contributed by atoms with Gasteiger partial charge in [-0.1, -0.05) is 30.3 Å². The van der Waals surface area contributed by atoms with Crippen LogP contribution in [0.25, 0.3) is 6.08 Å². The van der Waals surface area contributed by atoms with Crippen LogP contribution in [0.5, 0.6) is 0 Å². The number of aryl methyl sites for hydroxylation is 1. The zero-order valence-electron chi connectivity index (χ0n) is 11.1. The van der Waals surface area contributed by atoms with Crippen LogP contribution in [0.3, 0.4) is 0 Å². The molecule has 0 radical (unpaired) electrons. The molecule has 3 heteroatoms. The maximum absolute atomic E-state index is 11.8. The van der Waals surface area contributed by atoms with E-state index in [2.05, 4.69) is 5.32 Å². The molecule has 2 aromatic rings. The molecule has 0 saturated carbocycles. The van der Waals surface area contributed by atoms with Crippen LogP contribution in [0.2, 0.25) is 0 Å². The van der Waals surface area contributed by atoms with Crippen molar-refractivity contribution >= 4 is 12.0 Å². The van der Waals surface area contributed by atoms with Gasteiger partial charge in [-0.05, 0) is 37.6 Å². The van der Waals surface area contributed by atoms with Crippen molar-refractivity contribution in [3.05, 3.63) is 65.6 Å². The predicted octanol–water partition coefficient (Wildman–Crippen LogP) is 3.48. The average Bonchev–Trinajstić information content (AvgIpc) is 2.84. The number of furan rings is 1. The highest BCUT2D eigenvalue weighted by molar-refractivity contribution is 5.91. The number of benzene rings is 1. The van der Waals surface area contributed by atoms with Crippen LogP contribution in [0.1, 0.15) is 30.0 Å². The number of carbonyl (C=O) groups is 1. The molecular weight excluding hydrogens is 238 g/mol. The van der Waals surface area contributed by atoms with Crippen LogP contribution in [0.15, 0.2) is 53.0 Å². The highest BCUT2D eigenvalue weighted by atomic mass is 16.3. The van der Waals surface area contributed by atoms with Crippen molar-refractivity contribution in [2.75, 3.05) is 0 Å². The SMILES string of the molecule is Cc1ccc(C(C)NC(=O)/C=C/c2ccccc2)o1. The Morgan fingerprint density at radius 2 is 1.95 bits per heavy atom. The smallest absolute Gasteiger partial charge is 0.244 e. The Labute approximate surface area is 112 Å². The lowest BCUT2D eigenvalue weighted by Crippen LogP contribution is -2.24. The van der Waals surface area contributed by atoms with Gasteiger partial charge < -0.3 is 9.73 Å². The summed E-state index contributed by atoms with van der Waals surface area (Å²) in [5.74, 6) is 1.47. The maximum Gasteiger partial charge on any atom is 0.244 e. The average molecular weight is 255 g/mol. The zero-order chi connectivity index (χ0) is 13.7. The first kappa shape index (κ1) is 13.1. The maximum atomic E-state index is 11.8. The fourth-order valence-corrected chi connectivity index (χ4v) is 1.75. The van der Waals surface area contributed by atoms with Crippen molar-refractivity contribution in [2.45, 2.75) is 19.9 Å². The highest BCUT2D eigenvalue weighted by Gasteiger charge is 2.10. The summed E-state index contributed by atoms with van der Waals surface area (Å²) in [6.45, 7) is 3.78. The van der Waals surface area contributed by atoms with Gasteiger partial charge in [-0.15, -0.1) is 0 Å². The zero-order valence-corrected chi connectivity index (χ0v) is 11.1. The van der Waals surface area contributed by atoms with Crippen LogP contribution in [0.4, 0.5) is 0 Å². The Balaban J connectivity index is 1.93. The van der Waals surface area contributed by atoms with Gasteiger partial charge in [0.15, 0.2) is 0 Å². The summed E-state index contributed by atoms with van der Waals surface area (Å²) < 4.78 is 5.47. The first-order chi connectivity index (χ1) is 9.15. The van der Waals surface area contributed by atoms with Gasteiger partial charge in [0.1, 0.15) is 11.5 Å². The summed E-state index contributed by atoms with van der Waals surface area (Å²) in [7, 11) is 0. The third-order valence-electron chi connectivity index (χ3n) is 2.77. The third kappa shape index (κ3) is 3.85. The van der Waals surface area contributed by atoms with E-state index in [1.54, 1.807) is 6.08 Å². The minimum atomic E-state index is -0.137. The Bertz CT molecular complexity index is 569. The Hall–Kier alpha value is -2.29. The molecule has 1 unspecified atom stereocenters. The number of hydrogen-bond donors (Lipinski definition) is 1. The van der Waals surface area contributed by atoms with E-state index in [1.165, 1.54) is 6.08 Å². The van der Waals surface area contributed by atoms with Gasteiger partial charge in [0.25, 0.3) is 0 Å². The molecule has 2 rings (SSSR count). The molecule has 1 heterocycles. The molecule has 3 nitrogen and oxygen atoms in total. The summed E-state index contributed by atoms with van der Waals surface area (Å²) in [6.07, 6.45) is 3.32. The van der Waals surface area contributed by atoms with E-state index >= 15 is 0 Å². The predicted molar refractivity (Wildman–Crippen MR) is 75.5 cm³/mol. The van der Waals surface area contributed by atoms with E-state index in [0.29, 0.717) is 0 Å². The van der Waals surface area contributed by atoms with Crippen molar-refractivity contribution in [1.82, 2.24) is 5.32 Å². The van der Waals surface area contributed by atoms with E-state index in [1.807, 2.05) is 56.3 Å². The molecule has 1 atom stereocenters. The van der Waals surface area contributed by atoms with Gasteiger partial charge in [0.2, 0.25) is 5.91 Å². The van der Waals surface area contributed by atoms with Crippen LogP contribution >= 0.6 is 0 Å². The molecule has 1 aromatic heterocycles. The van der Waals surface area contributed by atoms with Gasteiger partial charge in [-0.3, -0.25) is 4.79 Å². The van der Waals surface area contributed by atoms with Crippen LogP contribution in [-0.2, 0) is 4.79 Å². The lowest BCUT2D eigenvalue weighted by atomic mass is 10.2. The summed E-state index contributed by atoms with van der Waals surface area (Å²) in [6, 6.07) is 13.3. The number of amides is 1. The van der Waals surface area contributed by atoms with Crippen molar-refractivity contribution in [1.29, 1.82) is 0 Å². The quantitative estimate of drug-likeness (QED) is 0.850. The molecule has 0 fully saturated rings. The standard InChI is InChI=1S/C16H17NO2/c1-12-8-10-15(19-12)13(2)17-16(18)11-9-14-6-4-3-5-7-14/h3-11,13H,1-2H3,(H,17,18)/b11-9+. The van der Waals surface area contributed by atoms with Gasteiger partial charge in [-0.2, -0.15) is 0 Å². The lowest BCUT2D eigenvalue weighted by molar-refractivity contribution is -0.117. The number of hydrogen-bond acceptors (Lipinski definition) is 2. The molecule has 0 aliphatic carbocycles. The molecule has 0 aliphatic rings. The summed E-state index contributed by atoms with van der Waals surface area (Å²) >= 11 is 0. The second-order valence-electron chi connectivity index (χ2n) is 4.42. The topological polar surface area (TPSA) is 42.2 Å². The molecule has 0 saturated heterocycles. The van der Waals surface area contributed by atoms with Crippen LogP contribution in [0, 0.1) is 6.92 Å². The Kier molecular flexibility index (Phi) is 4.18. The normalized spacial score (nSPS) is 12.5. The number of nitrogens with one attached hydrogen (secondary N) is 1. The van der Waals surface area contributed by atoms with Crippen molar-refractivity contribution < 1.29 is 9.21 Å². The van der Waals surface area contributed by atoms with Crippen LogP contribution in [-0.4, -0.2) is 5.91 Å². The minimum absolute atomic E-state index is 0.134. The monoisotopic (exact) mass is 255 g/mol. The second kappa shape index (κ2) is 6.05. The first-order valence-electron chi connectivity index (χ1n) is 6.25. The van der Waals surface area contributed by atoms with Crippen LogP contribution < -0.4 is 5.32 Å². The van der Waals surface area contributed by atoms with Gasteiger partial charge in [0, 0.05) is 6.08 Å². The van der Waals surface area contributed by atoms with Crippen molar-refractivity contribution in [2.24, 2.45) is 0 Å². The molecule has 1 N–H and O–H groups in total. The molecule has 0 aliphatic heterocycles. The van der Waals surface area contributed by atoms with Crippen molar-refractivity contribution in [3.63, 3.8) is 0 Å². The minimum Gasteiger partial charge on any atom is -0.464 e. The third-order valence-corrected chi connectivity index (χ3v) is 2.77. The fraction of sp³-hybridized carbons (Fsp3) is 0.188. The van der Waals surface area contributed by atoms with Gasteiger partial charge in [0.05, 0.1) is 6.04 Å². The molecule has 0 spiro atoms. The van der Waals surface area contributed by atoms with E-state index in [-0.39, 0.29) is 11.9 Å². The van der Waals surface area contributed by atoms with E-state index in [9.17, 15) is 4.79 Å². The molecule has 19 heavy (non-hydrogen) atoms. The Morgan fingerprint density at radius 1 is 1.21 bits per heavy atom. The first-order valence-corrected chi connectivity index (χ1v) is 6.25. The fourth-order valence-electron chi connectivity index (χ4n) is 1.75. The summed E-state index contributed by atoms with van der Waals surface area (Å²) in [4.78, 5) is 11.8. The Morgan fingerprint density at radius 3 is 2.58 bits per heavy atom.